The van der Waals surface area contributed by atoms with Crippen molar-refractivity contribution < 1.29 is 27.4 Å². The summed E-state index contributed by atoms with van der Waals surface area (Å²) in [5.41, 5.74) is 7.00. The quantitative estimate of drug-likeness (QED) is 0.533. The number of ether oxygens (including phenoxy) is 3. The van der Waals surface area contributed by atoms with Crippen LogP contribution in [-0.4, -0.2) is 46.3 Å². The maximum Gasteiger partial charge on any atom is 0.270 e. The summed E-state index contributed by atoms with van der Waals surface area (Å²) in [5.74, 6) is -0.387. The van der Waals surface area contributed by atoms with Crippen molar-refractivity contribution in [3.05, 3.63) is 42.6 Å². The van der Waals surface area contributed by atoms with Crippen molar-refractivity contribution in [2.24, 2.45) is 18.7 Å². The van der Waals surface area contributed by atoms with Crippen LogP contribution in [0.15, 0.2) is 47.5 Å². The van der Waals surface area contributed by atoms with Gasteiger partial charge in [-0.15, -0.1) is 0 Å². The molecule has 3 aromatic rings. The number of amides is 1. The zero-order chi connectivity index (χ0) is 24.5. The minimum Gasteiger partial charge on any atom is -0.493 e. The molecular formula is C23H29N3O6S. The van der Waals surface area contributed by atoms with E-state index in [0.29, 0.717) is 4.31 Å². The van der Waals surface area contributed by atoms with Gasteiger partial charge in [0, 0.05) is 36.3 Å². The lowest BCUT2D eigenvalue weighted by molar-refractivity contribution is -0.119. The predicted octanol–water partition coefficient (Wildman–Crippen LogP) is 2.91. The van der Waals surface area contributed by atoms with Crippen molar-refractivity contribution in [3.63, 3.8) is 0 Å². The van der Waals surface area contributed by atoms with E-state index in [1.807, 2.05) is 17.8 Å². The van der Waals surface area contributed by atoms with Crippen LogP contribution in [0.5, 0.6) is 17.2 Å². The van der Waals surface area contributed by atoms with E-state index in [0.717, 1.165) is 10.9 Å². The maximum atomic E-state index is 13.8. The van der Waals surface area contributed by atoms with Gasteiger partial charge in [-0.3, -0.25) is 4.79 Å². The summed E-state index contributed by atoms with van der Waals surface area (Å²) in [5, 5.41) is 0.726. The molecule has 0 saturated heterocycles. The van der Waals surface area contributed by atoms with E-state index in [-0.39, 0.29) is 33.7 Å². The van der Waals surface area contributed by atoms with E-state index >= 15 is 0 Å². The van der Waals surface area contributed by atoms with Crippen molar-refractivity contribution in [1.29, 1.82) is 0 Å². The molecule has 0 spiro atoms. The van der Waals surface area contributed by atoms with E-state index in [2.05, 4.69) is 0 Å². The lowest BCUT2D eigenvalue weighted by Gasteiger charge is -2.28. The highest BCUT2D eigenvalue weighted by Crippen LogP contribution is 2.42. The van der Waals surface area contributed by atoms with Gasteiger partial charge in [-0.2, -0.15) is 0 Å². The Kier molecular flexibility index (Phi) is 6.89. The van der Waals surface area contributed by atoms with Crippen LogP contribution in [0.2, 0.25) is 0 Å². The van der Waals surface area contributed by atoms with E-state index in [1.165, 1.54) is 45.6 Å². The number of benzene rings is 2. The van der Waals surface area contributed by atoms with E-state index in [4.69, 9.17) is 19.9 Å². The van der Waals surface area contributed by atoms with E-state index < -0.39 is 22.0 Å². The molecule has 9 nitrogen and oxygen atoms in total. The van der Waals surface area contributed by atoms with Crippen LogP contribution < -0.4 is 24.2 Å². The average Bonchev–Trinajstić information content (AvgIpc) is 3.17. The minimum absolute atomic E-state index is 0.0266. The van der Waals surface area contributed by atoms with Gasteiger partial charge in [0.05, 0.1) is 38.0 Å². The summed E-state index contributed by atoms with van der Waals surface area (Å²) in [4.78, 5) is 13.4. The van der Waals surface area contributed by atoms with Crippen LogP contribution in [0, 0.1) is 5.92 Å². The van der Waals surface area contributed by atoms with Crippen molar-refractivity contribution in [2.45, 2.75) is 24.8 Å². The fourth-order valence-corrected chi connectivity index (χ4v) is 4.98. The number of methoxy groups -OCH3 is 3. The number of fused-ring (bicyclic) bond motifs is 1. The molecule has 0 radical (unpaired) electrons. The lowest BCUT2D eigenvalue weighted by Crippen LogP contribution is -2.49. The second-order valence-electron chi connectivity index (χ2n) is 7.91. The van der Waals surface area contributed by atoms with Crippen LogP contribution in [-0.2, 0) is 21.9 Å². The highest BCUT2D eigenvalue weighted by atomic mass is 32.2. The molecule has 0 aliphatic rings. The highest BCUT2D eigenvalue weighted by Gasteiger charge is 2.36. The summed E-state index contributed by atoms with van der Waals surface area (Å²) in [6.45, 7) is 3.50. The molecule has 33 heavy (non-hydrogen) atoms. The Morgan fingerprint density at radius 1 is 1.00 bits per heavy atom. The average molecular weight is 476 g/mol. The van der Waals surface area contributed by atoms with Crippen LogP contribution >= 0.6 is 0 Å². The monoisotopic (exact) mass is 475 g/mol. The molecule has 0 fully saturated rings. The van der Waals surface area contributed by atoms with Crippen molar-refractivity contribution in [2.75, 3.05) is 25.6 Å². The molecule has 2 aromatic carbocycles. The molecule has 1 amide bonds. The smallest absolute Gasteiger partial charge is 0.270 e. The second-order valence-corrected chi connectivity index (χ2v) is 9.69. The van der Waals surface area contributed by atoms with Crippen molar-refractivity contribution >= 4 is 32.5 Å². The number of sulfonamides is 1. The highest BCUT2D eigenvalue weighted by molar-refractivity contribution is 7.93. The number of hydrogen-bond donors (Lipinski definition) is 1. The largest absolute Gasteiger partial charge is 0.493 e. The SMILES string of the molecule is COc1cc(N(C(=O)[C@@H](N)C(C)C)S(=O)(=O)c2ccc3c(ccn3C)c2)cc(OC)c1OC. The summed E-state index contributed by atoms with van der Waals surface area (Å²) in [7, 11) is 1.77. The van der Waals surface area contributed by atoms with Crippen LogP contribution in [0.3, 0.4) is 0 Å². The first-order valence-electron chi connectivity index (χ1n) is 10.3. The van der Waals surface area contributed by atoms with E-state index in [1.54, 1.807) is 26.0 Å². The Labute approximate surface area is 193 Å². The fraction of sp³-hybridized carbons (Fsp3) is 0.348. The lowest BCUT2D eigenvalue weighted by atomic mass is 10.0. The zero-order valence-electron chi connectivity index (χ0n) is 19.5. The van der Waals surface area contributed by atoms with Gasteiger partial charge in [0.15, 0.2) is 11.5 Å². The maximum absolute atomic E-state index is 13.8. The molecule has 1 aromatic heterocycles. The molecule has 2 N–H and O–H groups in total. The first-order valence-corrected chi connectivity index (χ1v) is 11.7. The van der Waals surface area contributed by atoms with Gasteiger partial charge in [-0.1, -0.05) is 13.8 Å². The first kappa shape index (κ1) is 24.4. The third-order valence-corrected chi connectivity index (χ3v) is 7.20. The molecule has 3 rings (SSSR count). The van der Waals surface area contributed by atoms with Crippen LogP contribution in [0.25, 0.3) is 10.9 Å². The third kappa shape index (κ3) is 4.36. The van der Waals surface area contributed by atoms with E-state index in [9.17, 15) is 13.2 Å². The minimum atomic E-state index is -4.34. The second kappa shape index (κ2) is 9.32. The number of aryl methyl sites for hydroxylation is 1. The summed E-state index contributed by atoms with van der Waals surface area (Å²) in [6.07, 6.45) is 1.83. The molecule has 0 aliphatic carbocycles. The first-order chi connectivity index (χ1) is 15.6. The number of nitrogens with zero attached hydrogens (tertiary/aromatic N) is 2. The summed E-state index contributed by atoms with van der Waals surface area (Å²) < 4.78 is 46.3. The number of rotatable bonds is 8. The van der Waals surface area contributed by atoms with Crippen LogP contribution in [0.1, 0.15) is 13.8 Å². The van der Waals surface area contributed by atoms with Gasteiger partial charge in [0.2, 0.25) is 5.75 Å². The van der Waals surface area contributed by atoms with Gasteiger partial charge in [0.1, 0.15) is 0 Å². The molecule has 1 heterocycles. The Hall–Kier alpha value is -3.24. The van der Waals surface area contributed by atoms with Crippen LogP contribution in [0.4, 0.5) is 5.69 Å². The standard InChI is InChI=1S/C23H29N3O6S/c1-14(2)21(24)23(27)26(16-12-19(30-4)22(32-6)20(13-16)31-5)33(28,29)17-7-8-18-15(11-17)9-10-25(18)3/h7-14,21H,24H2,1-6H3/t21-/m0/s1. The Bertz CT molecular complexity index is 1260. The summed E-state index contributed by atoms with van der Waals surface area (Å²) >= 11 is 0. The van der Waals surface area contributed by atoms with Gasteiger partial charge >= 0.3 is 0 Å². The van der Waals surface area contributed by atoms with Gasteiger partial charge in [-0.25, -0.2) is 12.7 Å². The molecule has 0 unspecified atom stereocenters. The number of aromatic nitrogens is 1. The van der Waals surface area contributed by atoms with Gasteiger partial charge < -0.3 is 24.5 Å². The molecule has 1 atom stereocenters. The number of carbonyl (C=O) groups excluding carboxylic acids is 1. The molecule has 0 aliphatic heterocycles. The van der Waals surface area contributed by atoms with Crippen molar-refractivity contribution in [1.82, 2.24) is 4.57 Å². The number of anilines is 1. The number of carbonyl (C=O) groups is 1. The molecular weight excluding hydrogens is 446 g/mol. The predicted molar refractivity (Wildman–Crippen MR) is 127 cm³/mol. The molecule has 10 heteroatoms. The Morgan fingerprint density at radius 2 is 1.61 bits per heavy atom. The van der Waals surface area contributed by atoms with Gasteiger partial charge in [0.25, 0.3) is 15.9 Å². The normalized spacial score (nSPS) is 12.6. The molecule has 178 valence electrons. The fourth-order valence-electron chi connectivity index (χ4n) is 3.52. The van der Waals surface area contributed by atoms with Gasteiger partial charge in [-0.05, 0) is 30.2 Å². The zero-order valence-corrected chi connectivity index (χ0v) is 20.3. The number of nitrogens with two attached hydrogens (primary N) is 1. The Balaban J connectivity index is 2.26. The molecule has 0 bridgehead atoms. The van der Waals surface area contributed by atoms with Crippen molar-refractivity contribution in [3.8, 4) is 17.2 Å². The number of hydrogen-bond acceptors (Lipinski definition) is 7. The third-order valence-electron chi connectivity index (χ3n) is 5.48. The summed E-state index contributed by atoms with van der Waals surface area (Å²) in [6, 6.07) is 8.26. The topological polar surface area (TPSA) is 113 Å². The Morgan fingerprint density at radius 3 is 2.12 bits per heavy atom. The molecule has 0 saturated carbocycles.